The van der Waals surface area contributed by atoms with Gasteiger partial charge in [-0.3, -0.25) is 4.79 Å². The highest BCUT2D eigenvalue weighted by molar-refractivity contribution is 5.93. The second-order valence-electron chi connectivity index (χ2n) is 8.33. The van der Waals surface area contributed by atoms with Crippen LogP contribution in [0, 0.1) is 34.0 Å². The summed E-state index contributed by atoms with van der Waals surface area (Å²) in [5.41, 5.74) is 1.63. The van der Waals surface area contributed by atoms with Crippen molar-refractivity contribution in [2.75, 3.05) is 18.5 Å². The molecule has 0 saturated heterocycles. The van der Waals surface area contributed by atoms with Crippen molar-refractivity contribution in [3.63, 3.8) is 0 Å². The van der Waals surface area contributed by atoms with Crippen LogP contribution in [0.15, 0.2) is 36.7 Å². The topological polar surface area (TPSA) is 125 Å². The second kappa shape index (κ2) is 8.56. The minimum absolute atomic E-state index is 0.00200. The molecule has 0 radical (unpaired) electrons. The third kappa shape index (κ3) is 4.79. The Morgan fingerprint density at radius 1 is 1.28 bits per heavy atom. The fourth-order valence-electron chi connectivity index (χ4n) is 3.04. The van der Waals surface area contributed by atoms with Crippen molar-refractivity contribution < 1.29 is 14.3 Å². The normalized spacial score (nSPS) is 13.2. The molecule has 1 amide bonds. The Hall–Kier alpha value is -4.11. The summed E-state index contributed by atoms with van der Waals surface area (Å²) in [7, 11) is 0. The molecule has 0 bridgehead atoms. The summed E-state index contributed by atoms with van der Waals surface area (Å²) >= 11 is 0. The third-order valence-corrected chi connectivity index (χ3v) is 4.99. The largest absolute Gasteiger partial charge is 0.490 e. The highest BCUT2D eigenvalue weighted by Crippen LogP contribution is 2.34. The first kappa shape index (κ1) is 21.1. The number of nitrogens with zero attached hydrogens (tertiary/aromatic N) is 5. The number of hydrogen-bond acceptors (Lipinski definition) is 7. The molecule has 1 fully saturated rings. The molecule has 0 aliphatic heterocycles. The van der Waals surface area contributed by atoms with Crippen LogP contribution >= 0.6 is 0 Å². The summed E-state index contributed by atoms with van der Waals surface area (Å²) < 4.78 is 13.0. The van der Waals surface area contributed by atoms with Gasteiger partial charge in [0.05, 0.1) is 23.2 Å². The van der Waals surface area contributed by atoms with E-state index in [4.69, 9.17) is 14.7 Å². The summed E-state index contributed by atoms with van der Waals surface area (Å²) in [5, 5.41) is 25.3. The zero-order valence-corrected chi connectivity index (χ0v) is 17.8. The van der Waals surface area contributed by atoms with Crippen LogP contribution in [0.3, 0.4) is 0 Å². The molecule has 0 atom stereocenters. The van der Waals surface area contributed by atoms with Gasteiger partial charge in [-0.2, -0.15) is 15.6 Å². The molecule has 4 rings (SSSR count). The lowest BCUT2D eigenvalue weighted by atomic mass is 9.97. The van der Waals surface area contributed by atoms with Crippen molar-refractivity contribution >= 4 is 17.2 Å². The number of anilines is 1. The first-order valence-electron chi connectivity index (χ1n) is 10.2. The molecule has 0 spiro atoms. The Kier molecular flexibility index (Phi) is 5.65. The lowest BCUT2D eigenvalue weighted by molar-refractivity contribution is -0.117. The van der Waals surface area contributed by atoms with E-state index in [-0.39, 0.29) is 25.0 Å². The van der Waals surface area contributed by atoms with Gasteiger partial charge in [0.25, 0.3) is 0 Å². The number of hydrogen-bond donors (Lipinski definition) is 1. The van der Waals surface area contributed by atoms with E-state index in [0.717, 1.165) is 23.9 Å². The van der Waals surface area contributed by atoms with Gasteiger partial charge in [0.15, 0.2) is 12.4 Å². The summed E-state index contributed by atoms with van der Waals surface area (Å²) in [6, 6.07) is 11.4. The maximum absolute atomic E-state index is 12.0. The SMILES string of the molecule is CC(C)(C#N)COc1cnc(OCC#N)cc1-c1ccn2nc(NC(=O)C3CC3)cc2c1. The molecule has 0 aromatic carbocycles. The molecule has 1 N–H and O–H groups in total. The van der Waals surface area contributed by atoms with E-state index in [1.165, 1.54) is 6.20 Å². The lowest BCUT2D eigenvalue weighted by Gasteiger charge is -2.18. The van der Waals surface area contributed by atoms with E-state index >= 15 is 0 Å². The van der Waals surface area contributed by atoms with Gasteiger partial charge in [-0.15, -0.1) is 0 Å². The molecule has 1 aliphatic carbocycles. The number of nitrogens with one attached hydrogen (secondary N) is 1. The van der Waals surface area contributed by atoms with Crippen molar-refractivity contribution in [1.82, 2.24) is 14.6 Å². The number of carbonyl (C=O) groups is 1. The van der Waals surface area contributed by atoms with Gasteiger partial charge in [0.2, 0.25) is 11.8 Å². The fraction of sp³-hybridized carbons (Fsp3) is 0.348. The minimum Gasteiger partial charge on any atom is -0.490 e. The molecule has 9 heteroatoms. The van der Waals surface area contributed by atoms with Crippen molar-refractivity contribution in [2.45, 2.75) is 26.7 Å². The summed E-state index contributed by atoms with van der Waals surface area (Å²) in [6.07, 6.45) is 5.16. The Bertz CT molecular complexity index is 1250. The lowest BCUT2D eigenvalue weighted by Crippen LogP contribution is -2.19. The molecule has 9 nitrogen and oxygen atoms in total. The Labute approximate surface area is 185 Å². The second-order valence-corrected chi connectivity index (χ2v) is 8.33. The van der Waals surface area contributed by atoms with E-state index in [2.05, 4.69) is 21.5 Å². The molecule has 3 heterocycles. The predicted octanol–water partition coefficient (Wildman–Crippen LogP) is 3.58. The number of rotatable bonds is 8. The van der Waals surface area contributed by atoms with Crippen LogP contribution in [-0.2, 0) is 4.79 Å². The van der Waals surface area contributed by atoms with Crippen LogP contribution in [0.4, 0.5) is 5.82 Å². The Morgan fingerprint density at radius 3 is 2.81 bits per heavy atom. The molecular weight excluding hydrogens is 408 g/mol. The van der Waals surface area contributed by atoms with Crippen LogP contribution in [0.25, 0.3) is 16.6 Å². The maximum Gasteiger partial charge on any atom is 0.228 e. The quantitative estimate of drug-likeness (QED) is 0.579. The first-order valence-corrected chi connectivity index (χ1v) is 10.2. The maximum atomic E-state index is 12.0. The van der Waals surface area contributed by atoms with Gasteiger partial charge in [0.1, 0.15) is 18.4 Å². The van der Waals surface area contributed by atoms with E-state index in [1.54, 1.807) is 36.7 Å². The van der Waals surface area contributed by atoms with Gasteiger partial charge < -0.3 is 14.8 Å². The van der Waals surface area contributed by atoms with E-state index in [1.807, 2.05) is 18.2 Å². The number of amides is 1. The highest BCUT2D eigenvalue weighted by Gasteiger charge is 2.30. The molecule has 162 valence electrons. The first-order chi connectivity index (χ1) is 15.4. The number of aromatic nitrogens is 3. The predicted molar refractivity (Wildman–Crippen MR) is 116 cm³/mol. The van der Waals surface area contributed by atoms with Crippen molar-refractivity contribution in [2.24, 2.45) is 11.3 Å². The number of fused-ring (bicyclic) bond motifs is 1. The van der Waals surface area contributed by atoms with Gasteiger partial charge in [-0.25, -0.2) is 9.50 Å². The number of carbonyl (C=O) groups excluding carboxylic acids is 1. The Morgan fingerprint density at radius 2 is 2.09 bits per heavy atom. The Balaban J connectivity index is 1.66. The summed E-state index contributed by atoms with van der Waals surface area (Å²) in [5.74, 6) is 1.37. The zero-order valence-electron chi connectivity index (χ0n) is 17.8. The van der Waals surface area contributed by atoms with Crippen LogP contribution < -0.4 is 14.8 Å². The van der Waals surface area contributed by atoms with Crippen LogP contribution in [0.5, 0.6) is 11.6 Å². The van der Waals surface area contributed by atoms with E-state index in [0.29, 0.717) is 23.0 Å². The number of nitriles is 2. The molecule has 0 unspecified atom stereocenters. The fourth-order valence-corrected chi connectivity index (χ4v) is 3.04. The van der Waals surface area contributed by atoms with Gasteiger partial charge >= 0.3 is 0 Å². The number of ether oxygens (including phenoxy) is 2. The summed E-state index contributed by atoms with van der Waals surface area (Å²) in [6.45, 7) is 3.64. The van der Waals surface area contributed by atoms with Crippen LogP contribution in [0.1, 0.15) is 26.7 Å². The van der Waals surface area contributed by atoms with Crippen molar-refractivity contribution in [3.05, 3.63) is 36.7 Å². The third-order valence-electron chi connectivity index (χ3n) is 4.99. The average molecular weight is 430 g/mol. The average Bonchev–Trinajstić information content (AvgIpc) is 3.56. The number of pyridine rings is 2. The molecule has 3 aromatic rings. The monoisotopic (exact) mass is 430 g/mol. The van der Waals surface area contributed by atoms with Gasteiger partial charge in [-0.05, 0) is 44.4 Å². The standard InChI is InChI=1S/C23H22N6O3/c1-23(2,13-25)14-32-19-12-26-21(31-8-6-24)11-18(19)16-5-7-29-17(9-16)10-20(28-29)27-22(30)15-3-4-15/h5,7,9-12,15H,3-4,8,14H2,1-2H3,(H,27,28,30). The smallest absolute Gasteiger partial charge is 0.228 e. The van der Waals surface area contributed by atoms with Crippen LogP contribution in [-0.4, -0.2) is 33.7 Å². The van der Waals surface area contributed by atoms with E-state index in [9.17, 15) is 10.1 Å². The zero-order chi connectivity index (χ0) is 22.7. The van der Waals surface area contributed by atoms with Gasteiger partial charge in [-0.1, -0.05) is 0 Å². The molecule has 1 aliphatic rings. The van der Waals surface area contributed by atoms with Gasteiger partial charge in [0, 0.05) is 29.8 Å². The van der Waals surface area contributed by atoms with Crippen LogP contribution in [0.2, 0.25) is 0 Å². The molecule has 3 aromatic heterocycles. The van der Waals surface area contributed by atoms with Crippen molar-refractivity contribution in [3.8, 4) is 34.9 Å². The highest BCUT2D eigenvalue weighted by atomic mass is 16.5. The minimum atomic E-state index is -0.669. The molecular formula is C23H22N6O3. The van der Waals surface area contributed by atoms with Crippen molar-refractivity contribution in [1.29, 1.82) is 10.5 Å². The molecule has 1 saturated carbocycles. The molecule has 32 heavy (non-hydrogen) atoms. The summed E-state index contributed by atoms with van der Waals surface area (Å²) in [4.78, 5) is 16.2. The van der Waals surface area contributed by atoms with E-state index < -0.39 is 5.41 Å².